The van der Waals surface area contributed by atoms with Crippen LogP contribution >= 0.6 is 0 Å². The Bertz CT molecular complexity index is 3450. The van der Waals surface area contributed by atoms with Gasteiger partial charge in [-0.2, -0.15) is 5.26 Å². The molecule has 0 saturated carbocycles. The molecule has 55 heavy (non-hydrogen) atoms. The number of nitriles is 1. The highest BCUT2D eigenvalue weighted by Gasteiger charge is 2.21. The van der Waals surface area contributed by atoms with E-state index < -0.39 is 0 Å². The molecule has 0 unspecified atom stereocenters. The van der Waals surface area contributed by atoms with Crippen molar-refractivity contribution in [3.63, 3.8) is 0 Å². The van der Waals surface area contributed by atoms with Crippen LogP contribution in [0.4, 0.5) is 5.69 Å². The van der Waals surface area contributed by atoms with Crippen LogP contribution in [-0.4, -0.2) is 13.7 Å². The maximum Gasteiger partial charge on any atom is 0.188 e. The van der Waals surface area contributed by atoms with Crippen LogP contribution in [0.15, 0.2) is 176 Å². The first kappa shape index (κ1) is 30.7. The third-order valence-corrected chi connectivity index (χ3v) is 11.0. The molecule has 5 nitrogen and oxygen atoms in total. The molecule has 8 aromatic carbocycles. The lowest BCUT2D eigenvalue weighted by atomic mass is 10.0. The molecule has 0 amide bonds. The molecule has 0 spiro atoms. The summed E-state index contributed by atoms with van der Waals surface area (Å²) in [5.74, 6) is 0. The summed E-state index contributed by atoms with van der Waals surface area (Å²) in [4.78, 5) is 3.85. The first-order chi connectivity index (χ1) is 27.2. The molecule has 0 aliphatic rings. The molecule has 0 radical (unpaired) electrons. The van der Waals surface area contributed by atoms with Crippen molar-refractivity contribution in [2.24, 2.45) is 0 Å². The number of hydrogen-bond acceptors (Lipinski definition) is 1. The summed E-state index contributed by atoms with van der Waals surface area (Å²) in [6.45, 7) is 7.91. The van der Waals surface area contributed by atoms with E-state index in [1.807, 2.05) is 24.3 Å². The molecule has 0 atom stereocenters. The average Bonchev–Trinajstić information content (AvgIpc) is 3.89. The molecule has 254 valence electrons. The van der Waals surface area contributed by atoms with Gasteiger partial charge < -0.3 is 13.7 Å². The largest absolute Gasteiger partial charge is 0.309 e. The molecule has 0 saturated heterocycles. The highest BCUT2D eigenvalue weighted by Crippen LogP contribution is 2.43. The van der Waals surface area contributed by atoms with Crippen LogP contribution < -0.4 is 0 Å². The molecule has 0 aliphatic carbocycles. The van der Waals surface area contributed by atoms with E-state index in [4.69, 9.17) is 6.57 Å². The van der Waals surface area contributed by atoms with Gasteiger partial charge in [-0.15, -0.1) is 0 Å². The van der Waals surface area contributed by atoms with Crippen LogP contribution in [0, 0.1) is 17.9 Å². The number of fused-ring (bicyclic) bond motifs is 10. The van der Waals surface area contributed by atoms with E-state index in [9.17, 15) is 5.26 Å². The van der Waals surface area contributed by atoms with E-state index in [0.29, 0.717) is 11.3 Å². The van der Waals surface area contributed by atoms with Crippen molar-refractivity contribution < 1.29 is 0 Å². The van der Waals surface area contributed by atoms with Crippen LogP contribution in [0.5, 0.6) is 0 Å². The third kappa shape index (κ3) is 4.51. The lowest BCUT2D eigenvalue weighted by Crippen LogP contribution is -1.96. The van der Waals surface area contributed by atoms with Gasteiger partial charge in [-0.25, -0.2) is 4.85 Å². The van der Waals surface area contributed by atoms with E-state index in [1.54, 1.807) is 0 Å². The Morgan fingerprint density at radius 2 is 0.909 bits per heavy atom. The molecule has 0 N–H and O–H groups in total. The predicted octanol–water partition coefficient (Wildman–Crippen LogP) is 13.1. The fourth-order valence-corrected chi connectivity index (χ4v) is 8.73. The molecular formula is C50H29N5. The van der Waals surface area contributed by atoms with Gasteiger partial charge in [-0.05, 0) is 108 Å². The minimum atomic E-state index is 0.620. The molecule has 0 fully saturated rings. The summed E-state index contributed by atoms with van der Waals surface area (Å²) in [6.07, 6.45) is 0. The van der Waals surface area contributed by atoms with E-state index in [-0.39, 0.29) is 0 Å². The zero-order valence-corrected chi connectivity index (χ0v) is 29.5. The standard InChI is InChI=1S/C50H29N5/c1-52-35-22-24-46-42(30-35)50-48(26-25-47-49(50)40-18-6-8-20-44(40)53(47)36-13-3-2-4-14-36)55(46)38-16-10-12-34(29-38)33-11-9-15-37(28-33)54-43-19-7-5-17-39(43)41-27-32(31-51)21-23-45(41)54/h2-30H. The van der Waals surface area contributed by atoms with Crippen LogP contribution in [0.25, 0.3) is 98.5 Å². The summed E-state index contributed by atoms with van der Waals surface area (Å²) in [5, 5.41) is 16.4. The first-order valence-electron chi connectivity index (χ1n) is 18.3. The highest BCUT2D eigenvalue weighted by molar-refractivity contribution is 6.29. The number of nitrogens with zero attached hydrogens (tertiary/aromatic N) is 5. The topological polar surface area (TPSA) is 42.9 Å². The summed E-state index contributed by atoms with van der Waals surface area (Å²) in [5.41, 5.74) is 13.3. The van der Waals surface area contributed by atoms with Gasteiger partial charge in [-0.3, -0.25) is 0 Å². The molecule has 0 bridgehead atoms. The van der Waals surface area contributed by atoms with Crippen LogP contribution in [0.2, 0.25) is 0 Å². The Balaban J connectivity index is 1.13. The van der Waals surface area contributed by atoms with Gasteiger partial charge in [0.05, 0.1) is 51.3 Å². The highest BCUT2D eigenvalue weighted by atomic mass is 15.0. The quantitative estimate of drug-likeness (QED) is 0.169. The summed E-state index contributed by atoms with van der Waals surface area (Å²) in [7, 11) is 0. The van der Waals surface area contributed by atoms with Gasteiger partial charge in [0.25, 0.3) is 0 Å². The molecule has 3 heterocycles. The minimum Gasteiger partial charge on any atom is -0.309 e. The summed E-state index contributed by atoms with van der Waals surface area (Å²) < 4.78 is 6.98. The van der Waals surface area contributed by atoms with Crippen molar-refractivity contribution >= 4 is 71.1 Å². The monoisotopic (exact) mass is 699 g/mol. The van der Waals surface area contributed by atoms with Gasteiger partial charge in [0.1, 0.15) is 0 Å². The molecule has 5 heteroatoms. The number of para-hydroxylation sites is 3. The second-order valence-electron chi connectivity index (χ2n) is 14.0. The Kier molecular flexibility index (Phi) is 6.61. The maximum absolute atomic E-state index is 9.65. The second-order valence-corrected chi connectivity index (χ2v) is 14.0. The Morgan fingerprint density at radius 1 is 0.400 bits per heavy atom. The van der Waals surface area contributed by atoms with Crippen LogP contribution in [-0.2, 0) is 0 Å². The minimum absolute atomic E-state index is 0.620. The van der Waals surface area contributed by atoms with Crippen molar-refractivity contribution in [1.29, 1.82) is 5.26 Å². The van der Waals surface area contributed by atoms with Crippen molar-refractivity contribution in [3.05, 3.63) is 193 Å². The Morgan fingerprint density at radius 3 is 1.60 bits per heavy atom. The number of hydrogen-bond donors (Lipinski definition) is 0. The summed E-state index contributed by atoms with van der Waals surface area (Å²) >= 11 is 0. The third-order valence-electron chi connectivity index (χ3n) is 11.0. The van der Waals surface area contributed by atoms with Gasteiger partial charge in [0, 0.05) is 44.0 Å². The van der Waals surface area contributed by atoms with Crippen LogP contribution in [0.1, 0.15) is 5.56 Å². The zero-order chi connectivity index (χ0) is 36.6. The van der Waals surface area contributed by atoms with Gasteiger partial charge in [0.15, 0.2) is 5.69 Å². The number of benzene rings is 8. The first-order valence-corrected chi connectivity index (χ1v) is 18.3. The normalized spacial score (nSPS) is 11.6. The fraction of sp³-hybridized carbons (Fsp3) is 0. The molecular weight excluding hydrogens is 671 g/mol. The van der Waals surface area contributed by atoms with Gasteiger partial charge in [0.2, 0.25) is 0 Å². The Hall–Kier alpha value is -7.86. The van der Waals surface area contributed by atoms with Crippen molar-refractivity contribution in [2.45, 2.75) is 0 Å². The number of aromatic nitrogens is 3. The van der Waals surface area contributed by atoms with Crippen molar-refractivity contribution in [2.75, 3.05) is 0 Å². The van der Waals surface area contributed by atoms with Crippen molar-refractivity contribution in [1.82, 2.24) is 13.7 Å². The zero-order valence-electron chi connectivity index (χ0n) is 29.5. The molecule has 0 aliphatic heterocycles. The van der Waals surface area contributed by atoms with Crippen LogP contribution in [0.3, 0.4) is 0 Å². The lowest BCUT2D eigenvalue weighted by molar-refractivity contribution is 1.17. The predicted molar refractivity (Wildman–Crippen MR) is 226 cm³/mol. The molecule has 11 rings (SSSR count). The average molecular weight is 700 g/mol. The fourth-order valence-electron chi connectivity index (χ4n) is 8.73. The van der Waals surface area contributed by atoms with E-state index in [2.05, 4.69) is 176 Å². The van der Waals surface area contributed by atoms with E-state index >= 15 is 0 Å². The molecule has 11 aromatic rings. The number of rotatable bonds is 4. The smallest absolute Gasteiger partial charge is 0.188 e. The van der Waals surface area contributed by atoms with Gasteiger partial charge >= 0.3 is 0 Å². The van der Waals surface area contributed by atoms with E-state index in [1.165, 1.54) is 10.8 Å². The van der Waals surface area contributed by atoms with Gasteiger partial charge in [-0.1, -0.05) is 84.9 Å². The Labute approximate surface area is 316 Å². The van der Waals surface area contributed by atoms with Crippen molar-refractivity contribution in [3.8, 4) is 34.3 Å². The lowest BCUT2D eigenvalue weighted by Gasteiger charge is -2.13. The van der Waals surface area contributed by atoms with E-state index in [0.717, 1.165) is 82.8 Å². The SMILES string of the molecule is [C-]#[N+]c1ccc2c(c1)c1c3c4ccccc4n(-c4ccccc4)c3ccc1n2-c1cccc(-c2cccc(-n3c4ccccc4c4cc(C#N)ccc43)c2)c1. The maximum atomic E-state index is 9.65. The second kappa shape index (κ2) is 11.8. The molecule has 3 aromatic heterocycles. The summed E-state index contributed by atoms with van der Waals surface area (Å²) in [6, 6.07) is 63.8.